The Labute approximate surface area is 106 Å². The zero-order chi connectivity index (χ0) is 12.8. The first-order valence-electron chi connectivity index (χ1n) is 6.28. The number of imidazole rings is 1. The number of rotatable bonds is 1. The smallest absolute Gasteiger partial charge is 0.253 e. The van der Waals surface area contributed by atoms with E-state index in [4.69, 9.17) is 0 Å². The summed E-state index contributed by atoms with van der Waals surface area (Å²) < 4.78 is 0. The van der Waals surface area contributed by atoms with Gasteiger partial charge in [-0.15, -0.1) is 0 Å². The van der Waals surface area contributed by atoms with Gasteiger partial charge in [-0.2, -0.15) is 0 Å². The number of carbonyl (C=O) groups is 1. The molecule has 1 fully saturated rings. The van der Waals surface area contributed by atoms with E-state index in [0.717, 1.165) is 36.1 Å². The van der Waals surface area contributed by atoms with E-state index in [1.54, 1.807) is 6.33 Å². The minimum Gasteiger partial charge on any atom is -0.345 e. The van der Waals surface area contributed by atoms with Gasteiger partial charge in [0.2, 0.25) is 0 Å². The van der Waals surface area contributed by atoms with Crippen LogP contribution in [-0.2, 0) is 0 Å². The topological polar surface area (TPSA) is 49.0 Å². The zero-order valence-electron chi connectivity index (χ0n) is 10.7. The predicted octanol–water partition coefficient (Wildman–Crippen LogP) is 2.44. The molecule has 1 amide bonds. The van der Waals surface area contributed by atoms with E-state index in [2.05, 4.69) is 23.8 Å². The standard InChI is InChI=1S/C14H17N3O/c1-14(2)5-6-17(8-14)13(18)10-3-4-11-12(7-10)16-9-15-11/h3-4,7,9H,5-6,8H2,1-2H3,(H,15,16). The Morgan fingerprint density at radius 1 is 1.44 bits per heavy atom. The number of nitrogens with one attached hydrogen (secondary N) is 1. The second-order valence-electron chi connectivity index (χ2n) is 5.78. The molecule has 0 radical (unpaired) electrons. The second kappa shape index (κ2) is 3.83. The number of fused-ring (bicyclic) bond motifs is 1. The first-order chi connectivity index (χ1) is 8.55. The molecule has 18 heavy (non-hydrogen) atoms. The largest absolute Gasteiger partial charge is 0.345 e. The van der Waals surface area contributed by atoms with E-state index >= 15 is 0 Å². The molecule has 4 heteroatoms. The number of carbonyl (C=O) groups excluding carboxylic acids is 1. The highest BCUT2D eigenvalue weighted by atomic mass is 16.2. The van der Waals surface area contributed by atoms with Crippen molar-refractivity contribution in [3.8, 4) is 0 Å². The molecular formula is C14H17N3O. The molecule has 2 heterocycles. The normalized spacial score (nSPS) is 18.4. The van der Waals surface area contributed by atoms with Gasteiger partial charge in [-0.05, 0) is 30.0 Å². The minimum atomic E-state index is 0.122. The van der Waals surface area contributed by atoms with Gasteiger partial charge >= 0.3 is 0 Å². The first kappa shape index (κ1) is 11.3. The quantitative estimate of drug-likeness (QED) is 0.836. The highest BCUT2D eigenvalue weighted by Crippen LogP contribution is 2.29. The average Bonchev–Trinajstić information content (AvgIpc) is 2.93. The molecule has 0 unspecified atom stereocenters. The van der Waals surface area contributed by atoms with Gasteiger partial charge in [-0.25, -0.2) is 4.98 Å². The summed E-state index contributed by atoms with van der Waals surface area (Å²) >= 11 is 0. The summed E-state index contributed by atoms with van der Waals surface area (Å²) in [6, 6.07) is 5.63. The van der Waals surface area contributed by atoms with Gasteiger partial charge in [0, 0.05) is 18.7 Å². The van der Waals surface area contributed by atoms with Gasteiger partial charge < -0.3 is 9.88 Å². The van der Waals surface area contributed by atoms with Gasteiger partial charge in [0.25, 0.3) is 5.91 Å². The monoisotopic (exact) mass is 243 g/mol. The van der Waals surface area contributed by atoms with Gasteiger partial charge in [0.15, 0.2) is 0 Å². The van der Waals surface area contributed by atoms with E-state index in [9.17, 15) is 4.79 Å². The molecule has 1 aliphatic rings. The molecule has 0 atom stereocenters. The van der Waals surface area contributed by atoms with Crippen LogP contribution in [0.15, 0.2) is 24.5 Å². The van der Waals surface area contributed by atoms with Gasteiger partial charge in [-0.1, -0.05) is 13.8 Å². The third-order valence-corrected chi connectivity index (χ3v) is 3.63. The molecule has 0 aliphatic carbocycles. The Morgan fingerprint density at radius 2 is 2.28 bits per heavy atom. The van der Waals surface area contributed by atoms with Crippen LogP contribution in [0, 0.1) is 5.41 Å². The lowest BCUT2D eigenvalue weighted by atomic mass is 9.93. The van der Waals surface area contributed by atoms with Crippen LogP contribution in [-0.4, -0.2) is 33.9 Å². The van der Waals surface area contributed by atoms with Gasteiger partial charge in [0.05, 0.1) is 17.4 Å². The molecule has 1 aromatic heterocycles. The molecule has 0 bridgehead atoms. The summed E-state index contributed by atoms with van der Waals surface area (Å²) in [6.07, 6.45) is 2.73. The first-order valence-corrected chi connectivity index (χ1v) is 6.28. The average molecular weight is 243 g/mol. The fourth-order valence-electron chi connectivity index (χ4n) is 2.54. The Bertz CT molecular complexity index is 600. The Kier molecular flexibility index (Phi) is 2.40. The maximum absolute atomic E-state index is 12.4. The SMILES string of the molecule is CC1(C)CCN(C(=O)c2ccc3nc[nH]c3c2)C1. The van der Waals surface area contributed by atoms with Crippen LogP contribution in [0.25, 0.3) is 11.0 Å². The maximum Gasteiger partial charge on any atom is 0.253 e. The molecule has 3 rings (SSSR count). The Balaban J connectivity index is 1.88. The second-order valence-corrected chi connectivity index (χ2v) is 5.78. The van der Waals surface area contributed by atoms with Crippen LogP contribution < -0.4 is 0 Å². The summed E-state index contributed by atoms with van der Waals surface area (Å²) in [5, 5.41) is 0. The highest BCUT2D eigenvalue weighted by molar-refractivity contribution is 5.97. The lowest BCUT2D eigenvalue weighted by Crippen LogP contribution is -2.30. The molecule has 0 saturated carbocycles. The molecule has 1 saturated heterocycles. The maximum atomic E-state index is 12.4. The lowest BCUT2D eigenvalue weighted by Gasteiger charge is -2.19. The van der Waals surface area contributed by atoms with Crippen LogP contribution in [0.1, 0.15) is 30.6 Å². The summed E-state index contributed by atoms with van der Waals surface area (Å²) in [7, 11) is 0. The van der Waals surface area contributed by atoms with Crippen molar-refractivity contribution in [3.63, 3.8) is 0 Å². The van der Waals surface area contributed by atoms with Crippen molar-refractivity contribution in [2.24, 2.45) is 5.41 Å². The fourth-order valence-corrected chi connectivity index (χ4v) is 2.54. The number of H-pyrrole nitrogens is 1. The summed E-state index contributed by atoms with van der Waals surface area (Å²) in [5.41, 5.74) is 2.80. The van der Waals surface area contributed by atoms with Crippen LogP contribution in [0.3, 0.4) is 0 Å². The van der Waals surface area contributed by atoms with Crippen molar-refractivity contribution in [1.29, 1.82) is 0 Å². The van der Waals surface area contributed by atoms with Crippen LogP contribution in [0.5, 0.6) is 0 Å². The van der Waals surface area contributed by atoms with Crippen LogP contribution in [0.4, 0.5) is 0 Å². The van der Waals surface area contributed by atoms with Crippen molar-refractivity contribution in [3.05, 3.63) is 30.1 Å². The van der Waals surface area contributed by atoms with Crippen molar-refractivity contribution >= 4 is 16.9 Å². The number of hydrogen-bond donors (Lipinski definition) is 1. The van der Waals surface area contributed by atoms with Gasteiger partial charge in [-0.3, -0.25) is 4.79 Å². The van der Waals surface area contributed by atoms with Gasteiger partial charge in [0.1, 0.15) is 0 Å². The van der Waals surface area contributed by atoms with E-state index in [1.165, 1.54) is 0 Å². The van der Waals surface area contributed by atoms with E-state index in [-0.39, 0.29) is 11.3 Å². The highest BCUT2D eigenvalue weighted by Gasteiger charge is 2.32. The summed E-state index contributed by atoms with van der Waals surface area (Å²) in [4.78, 5) is 21.5. The van der Waals surface area contributed by atoms with E-state index in [1.807, 2.05) is 23.1 Å². The molecule has 4 nitrogen and oxygen atoms in total. The Morgan fingerprint density at radius 3 is 3.00 bits per heavy atom. The molecule has 1 N–H and O–H groups in total. The van der Waals surface area contributed by atoms with Crippen molar-refractivity contribution < 1.29 is 4.79 Å². The van der Waals surface area contributed by atoms with Crippen molar-refractivity contribution in [2.45, 2.75) is 20.3 Å². The Hall–Kier alpha value is -1.84. The molecule has 1 aliphatic heterocycles. The van der Waals surface area contributed by atoms with Crippen molar-refractivity contribution in [2.75, 3.05) is 13.1 Å². The summed E-state index contributed by atoms with van der Waals surface area (Å²) in [5.74, 6) is 0.122. The van der Waals surface area contributed by atoms with Crippen molar-refractivity contribution in [1.82, 2.24) is 14.9 Å². The van der Waals surface area contributed by atoms with E-state index < -0.39 is 0 Å². The summed E-state index contributed by atoms with van der Waals surface area (Å²) in [6.45, 7) is 6.11. The van der Waals surface area contributed by atoms with Crippen LogP contribution in [0.2, 0.25) is 0 Å². The number of amides is 1. The van der Waals surface area contributed by atoms with Crippen LogP contribution >= 0.6 is 0 Å². The molecular weight excluding hydrogens is 226 g/mol. The number of nitrogens with zero attached hydrogens (tertiary/aromatic N) is 2. The number of benzene rings is 1. The molecule has 0 spiro atoms. The predicted molar refractivity (Wildman–Crippen MR) is 70.4 cm³/mol. The fraction of sp³-hybridized carbons (Fsp3) is 0.429. The third-order valence-electron chi connectivity index (χ3n) is 3.63. The zero-order valence-corrected chi connectivity index (χ0v) is 10.7. The third kappa shape index (κ3) is 1.88. The number of hydrogen-bond acceptors (Lipinski definition) is 2. The minimum absolute atomic E-state index is 0.122. The lowest BCUT2D eigenvalue weighted by molar-refractivity contribution is 0.0778. The number of likely N-dealkylation sites (tertiary alicyclic amines) is 1. The number of aromatic amines is 1. The molecule has 1 aromatic carbocycles. The molecule has 2 aromatic rings. The molecule has 94 valence electrons. The number of aromatic nitrogens is 2. The van der Waals surface area contributed by atoms with E-state index in [0.29, 0.717) is 0 Å².